The lowest BCUT2D eigenvalue weighted by Gasteiger charge is -2.15. The standard InChI is InChI=1S/C30H30O5S/c1-22-12-16-28(17-13-22)36(33,34)35-19-18-25-20-26(30(32)29(25)24-10-6-3-7-11-24)21-27(31)15-14-23-8-4-2-5-9-23/h2,4-5,8-10,12-13,16-17,26H,3,6-7,11,18-21H2,1H3. The van der Waals surface area contributed by atoms with Crippen LogP contribution in [0.4, 0.5) is 0 Å². The number of benzene rings is 2. The van der Waals surface area contributed by atoms with Gasteiger partial charge >= 0.3 is 0 Å². The molecule has 0 saturated heterocycles. The van der Waals surface area contributed by atoms with Crippen LogP contribution in [-0.2, 0) is 23.9 Å². The maximum atomic E-state index is 13.4. The topological polar surface area (TPSA) is 77.5 Å². The predicted octanol–water partition coefficient (Wildman–Crippen LogP) is 5.49. The Labute approximate surface area is 213 Å². The van der Waals surface area contributed by atoms with Gasteiger partial charge in [0.25, 0.3) is 10.1 Å². The molecule has 0 N–H and O–H groups in total. The average molecular weight is 503 g/mol. The van der Waals surface area contributed by atoms with Crippen molar-refractivity contribution in [1.29, 1.82) is 0 Å². The summed E-state index contributed by atoms with van der Waals surface area (Å²) < 4.78 is 30.5. The normalized spacial score (nSPS) is 18.0. The monoisotopic (exact) mass is 502 g/mol. The molecule has 6 heteroatoms. The van der Waals surface area contributed by atoms with Crippen LogP contribution in [0.25, 0.3) is 0 Å². The van der Waals surface area contributed by atoms with Crippen molar-refractivity contribution in [3.63, 3.8) is 0 Å². The molecule has 2 aromatic rings. The van der Waals surface area contributed by atoms with Gasteiger partial charge in [0.15, 0.2) is 5.78 Å². The maximum Gasteiger partial charge on any atom is 0.296 e. The molecule has 2 aliphatic rings. The fourth-order valence-electron chi connectivity index (χ4n) is 4.70. The van der Waals surface area contributed by atoms with E-state index in [-0.39, 0.29) is 29.5 Å². The summed E-state index contributed by atoms with van der Waals surface area (Å²) in [6.07, 6.45) is 6.77. The van der Waals surface area contributed by atoms with E-state index in [9.17, 15) is 18.0 Å². The van der Waals surface area contributed by atoms with Crippen LogP contribution < -0.4 is 0 Å². The molecule has 0 saturated carbocycles. The summed E-state index contributed by atoms with van der Waals surface area (Å²) in [5, 5.41) is 0. The Kier molecular flexibility index (Phi) is 8.35. The fourth-order valence-corrected chi connectivity index (χ4v) is 5.61. The van der Waals surface area contributed by atoms with Crippen molar-refractivity contribution in [3.05, 3.63) is 88.5 Å². The third-order valence-corrected chi connectivity index (χ3v) is 7.91. The predicted molar refractivity (Wildman–Crippen MR) is 139 cm³/mol. The van der Waals surface area contributed by atoms with Gasteiger partial charge in [-0.15, -0.1) is 0 Å². The number of ketones is 2. The van der Waals surface area contributed by atoms with Crippen molar-refractivity contribution >= 4 is 21.7 Å². The van der Waals surface area contributed by atoms with Gasteiger partial charge in [-0.2, -0.15) is 8.42 Å². The van der Waals surface area contributed by atoms with E-state index in [1.165, 1.54) is 12.1 Å². The van der Waals surface area contributed by atoms with Crippen LogP contribution in [0.5, 0.6) is 0 Å². The Bertz CT molecular complexity index is 1350. The fraction of sp³-hybridized carbons (Fsp3) is 0.333. The highest BCUT2D eigenvalue weighted by Crippen LogP contribution is 2.39. The number of Topliss-reactive ketones (excluding diaryl/α,β-unsaturated/α-hetero) is 2. The van der Waals surface area contributed by atoms with E-state index in [2.05, 4.69) is 17.9 Å². The molecule has 0 amide bonds. The van der Waals surface area contributed by atoms with Crippen LogP contribution in [0.3, 0.4) is 0 Å². The van der Waals surface area contributed by atoms with Crippen molar-refractivity contribution < 1.29 is 22.2 Å². The lowest BCUT2D eigenvalue weighted by molar-refractivity contribution is -0.122. The Balaban J connectivity index is 1.46. The van der Waals surface area contributed by atoms with Crippen LogP contribution in [-0.4, -0.2) is 26.6 Å². The number of carbonyl (C=O) groups is 2. The van der Waals surface area contributed by atoms with E-state index in [0.717, 1.165) is 48.0 Å². The average Bonchev–Trinajstić information content (AvgIpc) is 3.18. The third-order valence-electron chi connectivity index (χ3n) is 6.58. The first-order valence-corrected chi connectivity index (χ1v) is 13.8. The van der Waals surface area contributed by atoms with Gasteiger partial charge < -0.3 is 0 Å². The van der Waals surface area contributed by atoms with Gasteiger partial charge in [-0.25, -0.2) is 0 Å². The quantitative estimate of drug-likeness (QED) is 0.353. The first kappa shape index (κ1) is 25.8. The van der Waals surface area contributed by atoms with Gasteiger partial charge in [-0.3, -0.25) is 13.8 Å². The van der Waals surface area contributed by atoms with Crippen LogP contribution in [0, 0.1) is 24.7 Å². The highest BCUT2D eigenvalue weighted by molar-refractivity contribution is 7.86. The zero-order valence-corrected chi connectivity index (χ0v) is 21.3. The van der Waals surface area contributed by atoms with E-state index in [1.807, 2.05) is 37.3 Å². The number of hydrogen-bond donors (Lipinski definition) is 0. The summed E-state index contributed by atoms with van der Waals surface area (Å²) in [5.74, 6) is 4.76. The number of rotatable bonds is 8. The molecule has 2 aliphatic carbocycles. The zero-order valence-electron chi connectivity index (χ0n) is 20.5. The van der Waals surface area contributed by atoms with E-state index in [1.54, 1.807) is 12.1 Å². The second-order valence-electron chi connectivity index (χ2n) is 9.30. The molecule has 0 radical (unpaired) electrons. The molecule has 36 heavy (non-hydrogen) atoms. The summed E-state index contributed by atoms with van der Waals surface area (Å²) in [6.45, 7) is 1.83. The molecule has 2 aromatic carbocycles. The lowest BCUT2D eigenvalue weighted by Crippen LogP contribution is -2.15. The summed E-state index contributed by atoms with van der Waals surface area (Å²) in [4.78, 5) is 26.1. The van der Waals surface area contributed by atoms with E-state index in [0.29, 0.717) is 18.4 Å². The molecule has 186 valence electrons. The molecule has 1 atom stereocenters. The van der Waals surface area contributed by atoms with E-state index in [4.69, 9.17) is 4.18 Å². The minimum atomic E-state index is -3.89. The van der Waals surface area contributed by atoms with Gasteiger partial charge in [0.1, 0.15) is 0 Å². The summed E-state index contributed by atoms with van der Waals surface area (Å²) in [7, 11) is -3.89. The van der Waals surface area contributed by atoms with Crippen LogP contribution in [0.2, 0.25) is 0 Å². The zero-order chi connectivity index (χ0) is 25.5. The van der Waals surface area contributed by atoms with E-state index >= 15 is 0 Å². The number of aryl methyl sites for hydroxylation is 1. The molecule has 0 aliphatic heterocycles. The molecule has 1 unspecified atom stereocenters. The highest BCUT2D eigenvalue weighted by Gasteiger charge is 2.35. The molecular formula is C30H30O5S. The van der Waals surface area contributed by atoms with Crippen molar-refractivity contribution in [2.24, 2.45) is 5.92 Å². The minimum absolute atomic E-state index is 0.0330. The second kappa shape index (κ2) is 11.6. The largest absolute Gasteiger partial charge is 0.296 e. The SMILES string of the molecule is Cc1ccc(S(=O)(=O)OCCC2=C(C3=CCCCC3)C(=O)C(CC(=O)C#Cc3ccccc3)C2)cc1. The summed E-state index contributed by atoms with van der Waals surface area (Å²) >= 11 is 0. The number of hydrogen-bond acceptors (Lipinski definition) is 5. The van der Waals surface area contributed by atoms with Gasteiger partial charge in [-0.05, 0) is 81.2 Å². The number of carbonyl (C=O) groups excluding carboxylic acids is 2. The first-order valence-electron chi connectivity index (χ1n) is 12.3. The van der Waals surface area contributed by atoms with Gasteiger partial charge in [-0.1, -0.05) is 53.5 Å². The Hall–Kier alpha value is -3.27. The second-order valence-corrected chi connectivity index (χ2v) is 10.9. The number of allylic oxidation sites excluding steroid dienone is 3. The van der Waals surface area contributed by atoms with Crippen molar-refractivity contribution in [2.75, 3.05) is 6.61 Å². The van der Waals surface area contributed by atoms with Crippen LogP contribution in [0.15, 0.2) is 82.3 Å². The molecule has 0 fully saturated rings. The van der Waals surface area contributed by atoms with E-state index < -0.39 is 16.0 Å². The Morgan fingerprint density at radius 3 is 2.50 bits per heavy atom. The molecule has 0 spiro atoms. The van der Waals surface area contributed by atoms with Crippen molar-refractivity contribution in [1.82, 2.24) is 0 Å². The summed E-state index contributed by atoms with van der Waals surface area (Å²) in [5.41, 5.74) is 4.29. The smallest absolute Gasteiger partial charge is 0.294 e. The molecule has 0 heterocycles. The van der Waals surface area contributed by atoms with Crippen LogP contribution in [0.1, 0.15) is 56.1 Å². The van der Waals surface area contributed by atoms with Gasteiger partial charge in [0, 0.05) is 23.5 Å². The molecule has 0 aromatic heterocycles. The van der Waals surface area contributed by atoms with Gasteiger partial charge in [0.05, 0.1) is 11.5 Å². The molecule has 0 bridgehead atoms. The van der Waals surface area contributed by atoms with Gasteiger partial charge in [0.2, 0.25) is 5.78 Å². The molecule has 5 nitrogen and oxygen atoms in total. The van der Waals surface area contributed by atoms with Crippen molar-refractivity contribution in [2.45, 2.75) is 56.8 Å². The Morgan fingerprint density at radius 1 is 1.06 bits per heavy atom. The van der Waals surface area contributed by atoms with Crippen molar-refractivity contribution in [3.8, 4) is 11.8 Å². The highest BCUT2D eigenvalue weighted by atomic mass is 32.2. The summed E-state index contributed by atoms with van der Waals surface area (Å²) in [6, 6.07) is 15.8. The first-order chi connectivity index (χ1) is 17.3. The molecule has 4 rings (SSSR count). The lowest BCUT2D eigenvalue weighted by atomic mass is 9.89. The minimum Gasteiger partial charge on any atom is -0.294 e. The van der Waals surface area contributed by atoms with Crippen LogP contribution >= 0.6 is 0 Å². The molecular weight excluding hydrogens is 472 g/mol. The third kappa shape index (κ3) is 6.48. The Morgan fingerprint density at radius 2 is 1.81 bits per heavy atom. The maximum absolute atomic E-state index is 13.4.